The molecule has 0 saturated carbocycles. The number of carbonyl (C=O) groups is 1. The van der Waals surface area contributed by atoms with E-state index in [1.165, 1.54) is 15.5 Å². The number of anilines is 2. The van der Waals surface area contributed by atoms with Gasteiger partial charge < -0.3 is 14.7 Å². The molecular weight excluding hydrogens is 414 g/mol. The van der Waals surface area contributed by atoms with E-state index in [1.54, 1.807) is 11.8 Å². The predicted molar refractivity (Wildman–Crippen MR) is 132 cm³/mol. The molecule has 3 aromatic rings. The van der Waals surface area contributed by atoms with Gasteiger partial charge in [-0.05, 0) is 50.3 Å². The molecule has 0 unspecified atom stereocenters. The largest absolute Gasteiger partial charge is 0.340 e. The lowest BCUT2D eigenvalue weighted by molar-refractivity contribution is 0.103. The molecule has 32 heavy (non-hydrogen) atoms. The molecule has 0 radical (unpaired) electrons. The van der Waals surface area contributed by atoms with Gasteiger partial charge in [0.2, 0.25) is 0 Å². The number of rotatable bonds is 6. The zero-order valence-corrected chi connectivity index (χ0v) is 19.4. The third-order valence-electron chi connectivity index (χ3n) is 6.38. The Bertz CT molecular complexity index is 1090. The Morgan fingerprint density at radius 1 is 0.781 bits per heavy atom. The van der Waals surface area contributed by atoms with E-state index in [-0.39, 0.29) is 5.78 Å². The minimum Gasteiger partial charge on any atom is -0.340 e. The lowest BCUT2D eigenvalue weighted by Crippen LogP contribution is -2.45. The number of nitrogens with zero attached hydrogens (tertiary/aromatic N) is 3. The molecular formula is C27H29N3OS. The number of likely N-dealkylation sites (N-methyl/N-ethyl adjacent to an activating group) is 1. The Hall–Kier alpha value is -2.60. The topological polar surface area (TPSA) is 26.8 Å². The van der Waals surface area contributed by atoms with Gasteiger partial charge in [0.15, 0.2) is 5.78 Å². The molecule has 2 aliphatic heterocycles. The van der Waals surface area contributed by atoms with Crippen molar-refractivity contribution >= 4 is 28.9 Å². The fraction of sp³-hybridized carbons (Fsp3) is 0.296. The van der Waals surface area contributed by atoms with E-state index in [1.807, 2.05) is 36.4 Å². The summed E-state index contributed by atoms with van der Waals surface area (Å²) >= 11 is 1.80. The zero-order valence-electron chi connectivity index (χ0n) is 18.5. The Morgan fingerprint density at radius 2 is 1.50 bits per heavy atom. The Kier molecular flexibility index (Phi) is 6.30. The predicted octanol–water partition coefficient (Wildman–Crippen LogP) is 5.16. The highest BCUT2D eigenvalue weighted by molar-refractivity contribution is 7.99. The van der Waals surface area contributed by atoms with Gasteiger partial charge in [-0.2, -0.15) is 0 Å². The van der Waals surface area contributed by atoms with Crippen molar-refractivity contribution in [3.63, 3.8) is 0 Å². The van der Waals surface area contributed by atoms with Gasteiger partial charge in [0.25, 0.3) is 0 Å². The molecule has 1 saturated heterocycles. The molecule has 164 valence electrons. The molecule has 5 rings (SSSR count). The number of hydrogen-bond donors (Lipinski definition) is 0. The van der Waals surface area contributed by atoms with Crippen LogP contribution in [0.1, 0.15) is 22.3 Å². The van der Waals surface area contributed by atoms with Crippen molar-refractivity contribution < 1.29 is 4.79 Å². The fourth-order valence-electron chi connectivity index (χ4n) is 4.49. The van der Waals surface area contributed by atoms with E-state index in [9.17, 15) is 4.79 Å². The standard InChI is InChI=1S/C27H29N3OS/c1-28-16-18-29(19-17-28)14-7-15-30-23-10-5-6-11-25(23)32-26-13-12-22(20-24(26)30)27(31)21-8-3-2-4-9-21/h2-6,8-13,20H,7,14-19H2,1H3. The number of piperazine rings is 1. The van der Waals surface area contributed by atoms with Crippen molar-refractivity contribution in [1.82, 2.24) is 9.80 Å². The first kappa shape index (κ1) is 21.3. The average molecular weight is 444 g/mol. The quantitative estimate of drug-likeness (QED) is 0.491. The van der Waals surface area contributed by atoms with E-state index in [0.717, 1.165) is 62.5 Å². The molecule has 0 aliphatic carbocycles. The summed E-state index contributed by atoms with van der Waals surface area (Å²) in [6, 6.07) is 24.3. The maximum absolute atomic E-state index is 13.1. The lowest BCUT2D eigenvalue weighted by atomic mass is 10.0. The van der Waals surface area contributed by atoms with Crippen LogP contribution in [-0.2, 0) is 0 Å². The number of benzene rings is 3. The van der Waals surface area contributed by atoms with Crippen molar-refractivity contribution in [2.45, 2.75) is 16.2 Å². The van der Waals surface area contributed by atoms with Gasteiger partial charge in [-0.3, -0.25) is 4.79 Å². The molecule has 0 bridgehead atoms. The van der Waals surface area contributed by atoms with Crippen molar-refractivity contribution in [2.24, 2.45) is 0 Å². The van der Waals surface area contributed by atoms with Gasteiger partial charge in [0, 0.05) is 53.6 Å². The van der Waals surface area contributed by atoms with Crippen LogP contribution in [0.4, 0.5) is 11.4 Å². The second-order valence-corrected chi connectivity index (χ2v) is 9.68. The maximum Gasteiger partial charge on any atom is 0.193 e. The van der Waals surface area contributed by atoms with Gasteiger partial charge in [-0.25, -0.2) is 0 Å². The lowest BCUT2D eigenvalue weighted by Gasteiger charge is -2.35. The Morgan fingerprint density at radius 3 is 2.31 bits per heavy atom. The second-order valence-electron chi connectivity index (χ2n) is 8.60. The molecule has 1 fully saturated rings. The van der Waals surface area contributed by atoms with Gasteiger partial charge in [-0.1, -0.05) is 54.2 Å². The monoisotopic (exact) mass is 443 g/mol. The molecule has 3 aromatic carbocycles. The summed E-state index contributed by atoms with van der Waals surface area (Å²) in [7, 11) is 2.20. The van der Waals surface area contributed by atoms with Crippen LogP contribution >= 0.6 is 11.8 Å². The van der Waals surface area contributed by atoms with Crippen molar-refractivity contribution in [2.75, 3.05) is 51.2 Å². The number of hydrogen-bond acceptors (Lipinski definition) is 5. The summed E-state index contributed by atoms with van der Waals surface area (Å²) in [6.07, 6.45) is 1.10. The molecule has 0 spiro atoms. The average Bonchev–Trinajstić information content (AvgIpc) is 2.84. The Balaban J connectivity index is 1.39. The summed E-state index contributed by atoms with van der Waals surface area (Å²) in [6.45, 7) is 6.65. The van der Waals surface area contributed by atoms with Gasteiger partial charge in [-0.15, -0.1) is 0 Å². The highest BCUT2D eigenvalue weighted by Gasteiger charge is 2.25. The fourth-order valence-corrected chi connectivity index (χ4v) is 5.57. The van der Waals surface area contributed by atoms with Crippen LogP contribution in [0.25, 0.3) is 0 Å². The summed E-state index contributed by atoms with van der Waals surface area (Å²) in [4.78, 5) is 23.0. The first-order chi connectivity index (χ1) is 15.7. The molecule has 5 heteroatoms. The van der Waals surface area contributed by atoms with E-state index in [0.29, 0.717) is 0 Å². The molecule has 0 atom stereocenters. The van der Waals surface area contributed by atoms with Crippen molar-refractivity contribution in [1.29, 1.82) is 0 Å². The van der Waals surface area contributed by atoms with Crippen LogP contribution in [0.15, 0.2) is 82.6 Å². The van der Waals surface area contributed by atoms with E-state index in [2.05, 4.69) is 58.1 Å². The molecule has 0 aromatic heterocycles. The van der Waals surface area contributed by atoms with Crippen LogP contribution in [-0.4, -0.2) is 61.9 Å². The van der Waals surface area contributed by atoms with E-state index in [4.69, 9.17) is 0 Å². The number of carbonyl (C=O) groups excluding carboxylic acids is 1. The Labute approximate surface area is 194 Å². The minimum absolute atomic E-state index is 0.0784. The molecule has 2 aliphatic rings. The van der Waals surface area contributed by atoms with Gasteiger partial charge in [0.1, 0.15) is 0 Å². The van der Waals surface area contributed by atoms with Crippen LogP contribution in [0.2, 0.25) is 0 Å². The first-order valence-corrected chi connectivity index (χ1v) is 12.2. The smallest absolute Gasteiger partial charge is 0.193 e. The van der Waals surface area contributed by atoms with Crippen LogP contribution in [0.5, 0.6) is 0 Å². The van der Waals surface area contributed by atoms with E-state index < -0.39 is 0 Å². The van der Waals surface area contributed by atoms with Gasteiger partial charge in [0.05, 0.1) is 11.4 Å². The van der Waals surface area contributed by atoms with Crippen LogP contribution < -0.4 is 4.90 Å². The molecule has 0 N–H and O–H groups in total. The summed E-state index contributed by atoms with van der Waals surface area (Å²) < 4.78 is 0. The third-order valence-corrected chi connectivity index (χ3v) is 7.51. The van der Waals surface area contributed by atoms with Gasteiger partial charge >= 0.3 is 0 Å². The third kappa shape index (κ3) is 4.46. The summed E-state index contributed by atoms with van der Waals surface area (Å²) in [5.41, 5.74) is 3.87. The van der Waals surface area contributed by atoms with Crippen LogP contribution in [0, 0.1) is 0 Å². The molecule has 2 heterocycles. The van der Waals surface area contributed by atoms with Crippen LogP contribution in [0.3, 0.4) is 0 Å². The number of ketones is 1. The molecule has 0 amide bonds. The summed E-state index contributed by atoms with van der Waals surface area (Å²) in [5.74, 6) is 0.0784. The SMILES string of the molecule is CN1CCN(CCCN2c3ccccc3Sc3ccc(C(=O)c4ccccc4)cc32)CC1. The summed E-state index contributed by atoms with van der Waals surface area (Å²) in [5, 5.41) is 0. The highest BCUT2D eigenvalue weighted by atomic mass is 32.2. The highest BCUT2D eigenvalue weighted by Crippen LogP contribution is 2.48. The first-order valence-electron chi connectivity index (χ1n) is 11.4. The van der Waals surface area contributed by atoms with E-state index >= 15 is 0 Å². The maximum atomic E-state index is 13.1. The number of para-hydroxylation sites is 1. The molecule has 4 nitrogen and oxygen atoms in total. The second kappa shape index (κ2) is 9.49. The number of fused-ring (bicyclic) bond motifs is 2. The van der Waals surface area contributed by atoms with Crippen molar-refractivity contribution in [3.05, 3.63) is 83.9 Å². The normalized spacial score (nSPS) is 16.5. The minimum atomic E-state index is 0.0784. The van der Waals surface area contributed by atoms with Crippen molar-refractivity contribution in [3.8, 4) is 0 Å². The zero-order chi connectivity index (χ0) is 21.9.